The van der Waals surface area contributed by atoms with Crippen LogP contribution >= 0.6 is 0 Å². The zero-order valence-electron chi connectivity index (χ0n) is 11.3. The van der Waals surface area contributed by atoms with Crippen LogP contribution in [0.4, 0.5) is 0 Å². The molecule has 19 heavy (non-hydrogen) atoms. The first kappa shape index (κ1) is 13.7. The molecule has 1 aliphatic heterocycles. The lowest BCUT2D eigenvalue weighted by Gasteiger charge is -2.26. The highest BCUT2D eigenvalue weighted by molar-refractivity contribution is 5.44. The van der Waals surface area contributed by atoms with Crippen molar-refractivity contribution in [1.82, 2.24) is 0 Å². The Hall–Kier alpha value is -1.73. The molecule has 2 atom stereocenters. The van der Waals surface area contributed by atoms with Crippen LogP contribution in [0.3, 0.4) is 0 Å². The van der Waals surface area contributed by atoms with Crippen LogP contribution in [0.1, 0.15) is 38.4 Å². The number of fused-ring (bicyclic) bond motifs is 1. The summed E-state index contributed by atoms with van der Waals surface area (Å²) in [6, 6.07) is 7.56. The molecule has 0 spiro atoms. The fourth-order valence-corrected chi connectivity index (χ4v) is 2.05. The second-order valence-corrected chi connectivity index (χ2v) is 5.04. The van der Waals surface area contributed by atoms with Gasteiger partial charge < -0.3 is 14.6 Å². The second-order valence-electron chi connectivity index (χ2n) is 5.04. The molecule has 0 saturated carbocycles. The highest BCUT2D eigenvalue weighted by Gasteiger charge is 2.33. The number of ether oxygens (including phenoxy) is 2. The average molecular weight is 261 g/mol. The first-order chi connectivity index (χ1) is 9.10. The number of benzene rings is 1. The van der Waals surface area contributed by atoms with Crippen molar-refractivity contribution in [3.63, 3.8) is 0 Å². The Kier molecular flexibility index (Phi) is 3.96. The van der Waals surface area contributed by atoms with E-state index >= 15 is 0 Å². The number of rotatable bonds is 3. The van der Waals surface area contributed by atoms with Gasteiger partial charge in [0.1, 0.15) is 0 Å². The monoisotopic (exact) mass is 261 g/mol. The zero-order valence-corrected chi connectivity index (χ0v) is 11.3. The first-order valence-electron chi connectivity index (χ1n) is 6.59. The number of aliphatic hydroxyl groups is 1. The number of hydrogen-bond donors (Lipinski definition) is 1. The van der Waals surface area contributed by atoms with Gasteiger partial charge in [-0.15, -0.1) is 0 Å². The molecule has 0 saturated heterocycles. The number of nitriles is 1. The van der Waals surface area contributed by atoms with E-state index in [9.17, 15) is 10.4 Å². The van der Waals surface area contributed by atoms with E-state index < -0.39 is 11.5 Å². The molecule has 1 N–H and O–H groups in total. The van der Waals surface area contributed by atoms with Gasteiger partial charge in [-0.25, -0.2) is 0 Å². The molecule has 0 aliphatic carbocycles. The summed E-state index contributed by atoms with van der Waals surface area (Å²) in [4.78, 5) is 0. The molecule has 1 aromatic rings. The van der Waals surface area contributed by atoms with E-state index in [1.165, 1.54) is 0 Å². The van der Waals surface area contributed by atoms with Gasteiger partial charge in [0.15, 0.2) is 11.5 Å². The maximum absolute atomic E-state index is 10.4. The van der Waals surface area contributed by atoms with Gasteiger partial charge in [-0.2, -0.15) is 5.26 Å². The Morgan fingerprint density at radius 3 is 2.68 bits per heavy atom. The van der Waals surface area contributed by atoms with Gasteiger partial charge in [0.2, 0.25) is 0 Å². The Morgan fingerprint density at radius 1 is 1.37 bits per heavy atom. The predicted octanol–water partition coefficient (Wildman–Crippen LogP) is 2.82. The lowest BCUT2D eigenvalue weighted by atomic mass is 9.80. The van der Waals surface area contributed by atoms with Gasteiger partial charge in [-0.1, -0.05) is 13.0 Å². The molecule has 0 amide bonds. The van der Waals surface area contributed by atoms with E-state index in [0.29, 0.717) is 36.7 Å². The first-order valence-corrected chi connectivity index (χ1v) is 6.59. The summed E-state index contributed by atoms with van der Waals surface area (Å²) in [7, 11) is 0. The average Bonchev–Trinajstić information content (AvgIpc) is 2.70. The number of nitrogens with zero attached hydrogens (tertiary/aromatic N) is 1. The molecule has 4 heteroatoms. The molecule has 2 rings (SSSR count). The second kappa shape index (κ2) is 5.50. The summed E-state index contributed by atoms with van der Waals surface area (Å²) >= 11 is 0. The van der Waals surface area contributed by atoms with E-state index in [1.54, 1.807) is 25.1 Å². The van der Waals surface area contributed by atoms with Crippen molar-refractivity contribution in [3.8, 4) is 17.6 Å². The van der Waals surface area contributed by atoms with Crippen LogP contribution in [0.5, 0.6) is 11.5 Å². The van der Waals surface area contributed by atoms with Crippen LogP contribution in [0, 0.1) is 16.7 Å². The molecule has 0 aromatic heterocycles. The molecule has 4 nitrogen and oxygen atoms in total. The minimum atomic E-state index is -0.834. The van der Waals surface area contributed by atoms with E-state index in [1.807, 2.05) is 6.92 Å². The third-order valence-corrected chi connectivity index (χ3v) is 3.68. The normalized spacial score (nSPS) is 18.8. The minimum absolute atomic E-state index is 0.582. The summed E-state index contributed by atoms with van der Waals surface area (Å²) in [5, 5.41) is 19.6. The van der Waals surface area contributed by atoms with Crippen LogP contribution in [-0.2, 0) is 0 Å². The maximum atomic E-state index is 10.4. The lowest BCUT2D eigenvalue weighted by molar-refractivity contribution is 0.0719. The van der Waals surface area contributed by atoms with Crippen LogP contribution in [-0.4, -0.2) is 18.3 Å². The summed E-state index contributed by atoms with van der Waals surface area (Å²) in [5.41, 5.74) is -0.102. The smallest absolute Gasteiger partial charge is 0.161 e. The Labute approximate surface area is 113 Å². The van der Waals surface area contributed by atoms with E-state index in [0.717, 1.165) is 6.42 Å². The summed E-state index contributed by atoms with van der Waals surface area (Å²) < 4.78 is 11.2. The van der Waals surface area contributed by atoms with Crippen molar-refractivity contribution in [2.24, 2.45) is 5.41 Å². The third kappa shape index (κ3) is 2.66. The van der Waals surface area contributed by atoms with Crippen molar-refractivity contribution in [2.75, 3.05) is 13.2 Å². The molecule has 1 heterocycles. The van der Waals surface area contributed by atoms with Gasteiger partial charge in [-0.3, -0.25) is 0 Å². The summed E-state index contributed by atoms with van der Waals surface area (Å²) in [5.74, 6) is 1.34. The molecule has 102 valence electrons. The fraction of sp³-hybridized carbons (Fsp3) is 0.533. The van der Waals surface area contributed by atoms with Crippen molar-refractivity contribution in [2.45, 2.75) is 32.8 Å². The fourth-order valence-electron chi connectivity index (χ4n) is 2.05. The van der Waals surface area contributed by atoms with Crippen molar-refractivity contribution >= 4 is 0 Å². The Balaban J connectivity index is 2.32. The van der Waals surface area contributed by atoms with E-state index in [2.05, 4.69) is 6.07 Å². The minimum Gasteiger partial charge on any atom is -0.490 e. The van der Waals surface area contributed by atoms with Gasteiger partial charge in [0.25, 0.3) is 0 Å². The number of aliphatic hydroxyl groups excluding tert-OH is 1. The molecule has 0 bridgehead atoms. The van der Waals surface area contributed by atoms with Gasteiger partial charge in [-0.05, 0) is 31.0 Å². The van der Waals surface area contributed by atoms with Crippen molar-refractivity contribution in [1.29, 1.82) is 5.26 Å². The quantitative estimate of drug-likeness (QED) is 0.908. The van der Waals surface area contributed by atoms with E-state index in [4.69, 9.17) is 9.47 Å². The SMILES string of the molecule is CCC(C)(C#N)C(O)c1ccc2c(c1)OCCCO2. The van der Waals surface area contributed by atoms with Gasteiger partial charge >= 0.3 is 0 Å². The molecule has 2 unspecified atom stereocenters. The summed E-state index contributed by atoms with van der Waals surface area (Å²) in [6.07, 6.45) is 0.593. The topological polar surface area (TPSA) is 62.5 Å². The molecule has 1 aromatic carbocycles. The molecule has 0 fully saturated rings. The molecule has 0 radical (unpaired) electrons. The predicted molar refractivity (Wildman–Crippen MR) is 71.0 cm³/mol. The Bertz CT molecular complexity index is 495. The zero-order chi connectivity index (χ0) is 13.9. The van der Waals surface area contributed by atoms with Crippen LogP contribution < -0.4 is 9.47 Å². The van der Waals surface area contributed by atoms with Gasteiger partial charge in [0, 0.05) is 6.42 Å². The lowest BCUT2D eigenvalue weighted by Crippen LogP contribution is -2.23. The van der Waals surface area contributed by atoms with Crippen LogP contribution in [0.2, 0.25) is 0 Å². The molecular formula is C15H19NO3. The Morgan fingerprint density at radius 2 is 2.05 bits per heavy atom. The highest BCUT2D eigenvalue weighted by Crippen LogP contribution is 2.39. The highest BCUT2D eigenvalue weighted by atomic mass is 16.5. The number of hydrogen-bond acceptors (Lipinski definition) is 4. The maximum Gasteiger partial charge on any atom is 0.161 e. The van der Waals surface area contributed by atoms with E-state index in [-0.39, 0.29) is 0 Å². The summed E-state index contributed by atoms with van der Waals surface area (Å²) in [6.45, 7) is 4.91. The molecule has 1 aliphatic rings. The largest absolute Gasteiger partial charge is 0.490 e. The molecular weight excluding hydrogens is 242 g/mol. The van der Waals surface area contributed by atoms with Crippen LogP contribution in [0.15, 0.2) is 18.2 Å². The van der Waals surface area contributed by atoms with Gasteiger partial charge in [0.05, 0.1) is 30.8 Å². The standard InChI is InChI=1S/C15H19NO3/c1-3-15(2,10-16)14(17)11-5-6-12-13(9-11)19-8-4-7-18-12/h5-6,9,14,17H,3-4,7-8H2,1-2H3. The van der Waals surface area contributed by atoms with Crippen LogP contribution in [0.25, 0.3) is 0 Å². The van der Waals surface area contributed by atoms with Crippen molar-refractivity contribution < 1.29 is 14.6 Å². The third-order valence-electron chi connectivity index (χ3n) is 3.68. The van der Waals surface area contributed by atoms with Crippen molar-refractivity contribution in [3.05, 3.63) is 23.8 Å².